The van der Waals surface area contributed by atoms with Crippen LogP contribution < -0.4 is 11.5 Å². The van der Waals surface area contributed by atoms with E-state index in [9.17, 15) is 4.79 Å². The van der Waals surface area contributed by atoms with Gasteiger partial charge < -0.3 is 21.7 Å². The highest BCUT2D eigenvalue weighted by Crippen LogP contribution is 1.90. The highest BCUT2D eigenvalue weighted by Gasteiger charge is 2.11. The molecule has 1 unspecified atom stereocenters. The van der Waals surface area contributed by atoms with Gasteiger partial charge in [-0.2, -0.15) is 0 Å². The van der Waals surface area contributed by atoms with Crippen molar-refractivity contribution in [3.8, 4) is 0 Å². The molecule has 6 heteroatoms. The minimum Gasteiger partial charge on any atom is -0.479 e. The predicted molar refractivity (Wildman–Crippen MR) is 38.9 cm³/mol. The number of rotatable bonds is 4. The molecule has 0 amide bonds. The molecule has 6 N–H and O–H groups in total. The van der Waals surface area contributed by atoms with Crippen molar-refractivity contribution in [2.75, 3.05) is 6.54 Å². The lowest BCUT2D eigenvalue weighted by atomic mass is 10.2. The van der Waals surface area contributed by atoms with Crippen LogP contribution in [0.3, 0.4) is 0 Å². The van der Waals surface area contributed by atoms with Crippen LogP contribution in [0, 0.1) is 0 Å². The van der Waals surface area contributed by atoms with Gasteiger partial charge in [-0.3, -0.25) is 4.99 Å². The molecule has 0 aromatic rings. The van der Waals surface area contributed by atoms with Crippen LogP contribution in [0.2, 0.25) is 0 Å². The molecule has 6 nitrogen and oxygen atoms in total. The van der Waals surface area contributed by atoms with Gasteiger partial charge in [-0.15, -0.1) is 0 Å². The number of guanidine groups is 1. The van der Waals surface area contributed by atoms with E-state index in [1.807, 2.05) is 0 Å². The monoisotopic (exact) mass is 161 g/mol. The molecule has 0 aromatic heterocycles. The zero-order chi connectivity index (χ0) is 8.85. The highest BCUT2D eigenvalue weighted by atomic mass is 16.4. The molecule has 64 valence electrons. The van der Waals surface area contributed by atoms with Gasteiger partial charge >= 0.3 is 5.97 Å². The number of carboxylic acid groups (broad SMARTS) is 1. The summed E-state index contributed by atoms with van der Waals surface area (Å²) in [5.41, 5.74) is 9.91. The van der Waals surface area contributed by atoms with Crippen molar-refractivity contribution in [3.63, 3.8) is 0 Å². The van der Waals surface area contributed by atoms with Crippen LogP contribution in [-0.4, -0.2) is 34.8 Å². The number of hydrogen-bond donors (Lipinski definition) is 4. The van der Waals surface area contributed by atoms with Crippen LogP contribution in [0.15, 0.2) is 4.99 Å². The highest BCUT2D eigenvalue weighted by molar-refractivity contribution is 5.75. The fourth-order valence-corrected chi connectivity index (χ4v) is 0.439. The molecule has 0 saturated carbocycles. The van der Waals surface area contributed by atoms with E-state index < -0.39 is 12.1 Å². The molecule has 0 aliphatic rings. The lowest BCUT2D eigenvalue weighted by Gasteiger charge is -2.01. The molecule has 0 aliphatic carbocycles. The third-order valence-corrected chi connectivity index (χ3v) is 0.982. The molecule has 0 bridgehead atoms. The average Bonchev–Trinajstić information content (AvgIpc) is 1.86. The Labute approximate surface area is 63.5 Å². The van der Waals surface area contributed by atoms with Crippen LogP contribution in [0.5, 0.6) is 0 Å². The minimum atomic E-state index is -1.39. The van der Waals surface area contributed by atoms with E-state index in [2.05, 4.69) is 4.99 Å². The van der Waals surface area contributed by atoms with Crippen molar-refractivity contribution in [1.29, 1.82) is 0 Å². The molecule has 0 heterocycles. The zero-order valence-electron chi connectivity index (χ0n) is 5.90. The van der Waals surface area contributed by atoms with Crippen LogP contribution in [0.1, 0.15) is 6.42 Å². The van der Waals surface area contributed by atoms with E-state index in [4.69, 9.17) is 21.7 Å². The van der Waals surface area contributed by atoms with Crippen LogP contribution in [0.4, 0.5) is 0 Å². The fourth-order valence-electron chi connectivity index (χ4n) is 0.439. The first kappa shape index (κ1) is 9.70. The maximum Gasteiger partial charge on any atom is 0.332 e. The molecule has 0 rings (SSSR count). The predicted octanol–water partition coefficient (Wildman–Crippen LogP) is -1.90. The molecule has 0 spiro atoms. The quantitative estimate of drug-likeness (QED) is 0.283. The van der Waals surface area contributed by atoms with Gasteiger partial charge in [0.25, 0.3) is 0 Å². The summed E-state index contributed by atoms with van der Waals surface area (Å²) in [6.07, 6.45) is -1.37. The Balaban J connectivity index is 3.55. The number of aliphatic hydroxyl groups is 1. The smallest absolute Gasteiger partial charge is 0.332 e. The number of carboxylic acids is 1. The third kappa shape index (κ3) is 5.16. The Morgan fingerprint density at radius 1 is 1.55 bits per heavy atom. The Bertz CT molecular complexity index is 164. The number of nitrogens with two attached hydrogens (primary N) is 2. The summed E-state index contributed by atoms with van der Waals surface area (Å²) in [7, 11) is 0. The third-order valence-electron chi connectivity index (χ3n) is 0.982. The summed E-state index contributed by atoms with van der Waals surface area (Å²) in [6, 6.07) is 0. The maximum atomic E-state index is 10.0. The Morgan fingerprint density at radius 3 is 2.45 bits per heavy atom. The van der Waals surface area contributed by atoms with Crippen LogP contribution in [0.25, 0.3) is 0 Å². The van der Waals surface area contributed by atoms with Gasteiger partial charge in [0.15, 0.2) is 12.1 Å². The number of nitrogens with zero attached hydrogens (tertiary/aromatic N) is 1. The van der Waals surface area contributed by atoms with Crippen molar-refractivity contribution < 1.29 is 15.0 Å². The number of hydrogen-bond acceptors (Lipinski definition) is 3. The van der Waals surface area contributed by atoms with E-state index in [1.165, 1.54) is 0 Å². The molecule has 11 heavy (non-hydrogen) atoms. The van der Waals surface area contributed by atoms with Gasteiger partial charge in [0, 0.05) is 13.0 Å². The summed E-state index contributed by atoms with van der Waals surface area (Å²) >= 11 is 0. The van der Waals surface area contributed by atoms with Gasteiger partial charge in [0.05, 0.1) is 0 Å². The van der Waals surface area contributed by atoms with Gasteiger partial charge in [0.1, 0.15) is 0 Å². The second-order valence-corrected chi connectivity index (χ2v) is 1.95. The number of carbonyl (C=O) groups is 1. The van der Waals surface area contributed by atoms with Crippen molar-refractivity contribution in [3.05, 3.63) is 0 Å². The molecular formula is C5H11N3O3. The van der Waals surface area contributed by atoms with E-state index in [1.54, 1.807) is 0 Å². The lowest BCUT2D eigenvalue weighted by molar-refractivity contribution is -0.146. The van der Waals surface area contributed by atoms with Gasteiger partial charge in [-0.05, 0) is 0 Å². The first-order chi connectivity index (χ1) is 5.04. The van der Waals surface area contributed by atoms with E-state index in [-0.39, 0.29) is 18.9 Å². The van der Waals surface area contributed by atoms with E-state index >= 15 is 0 Å². The topological polar surface area (TPSA) is 122 Å². The van der Waals surface area contributed by atoms with Crippen LogP contribution in [-0.2, 0) is 4.79 Å². The average molecular weight is 161 g/mol. The zero-order valence-corrected chi connectivity index (χ0v) is 5.90. The van der Waals surface area contributed by atoms with Crippen molar-refractivity contribution in [2.45, 2.75) is 12.5 Å². The van der Waals surface area contributed by atoms with Crippen molar-refractivity contribution in [1.82, 2.24) is 0 Å². The van der Waals surface area contributed by atoms with Gasteiger partial charge in [0.2, 0.25) is 0 Å². The van der Waals surface area contributed by atoms with Gasteiger partial charge in [-0.1, -0.05) is 0 Å². The van der Waals surface area contributed by atoms with Gasteiger partial charge in [-0.25, -0.2) is 4.79 Å². The number of aliphatic carboxylic acids is 1. The maximum absolute atomic E-state index is 10.0. The summed E-state index contributed by atoms with van der Waals surface area (Å²) in [5, 5.41) is 16.9. The minimum absolute atomic E-state index is 0.0211. The molecule has 0 saturated heterocycles. The number of aliphatic hydroxyl groups excluding tert-OH is 1. The largest absolute Gasteiger partial charge is 0.479 e. The second-order valence-electron chi connectivity index (χ2n) is 1.95. The molecular weight excluding hydrogens is 150 g/mol. The summed E-state index contributed by atoms with van der Waals surface area (Å²) in [6.45, 7) is 0.121. The van der Waals surface area contributed by atoms with Crippen molar-refractivity contribution in [2.24, 2.45) is 16.5 Å². The molecule has 0 aliphatic heterocycles. The van der Waals surface area contributed by atoms with Crippen LogP contribution >= 0.6 is 0 Å². The molecule has 0 fully saturated rings. The van der Waals surface area contributed by atoms with E-state index in [0.29, 0.717) is 0 Å². The lowest BCUT2D eigenvalue weighted by Crippen LogP contribution is -2.25. The van der Waals surface area contributed by atoms with E-state index in [0.717, 1.165) is 0 Å². The normalized spacial score (nSPS) is 12.1. The summed E-state index contributed by atoms with van der Waals surface area (Å²) < 4.78 is 0. The SMILES string of the molecule is NC(N)=NCCC(O)C(=O)O. The first-order valence-electron chi connectivity index (χ1n) is 3.00. The molecule has 0 aromatic carbocycles. The Hall–Kier alpha value is -1.30. The number of aliphatic imine (C=N–C) groups is 1. The summed E-state index contributed by atoms with van der Waals surface area (Å²) in [4.78, 5) is 13.5. The second kappa shape index (κ2) is 4.51. The van der Waals surface area contributed by atoms with Crippen molar-refractivity contribution >= 4 is 11.9 Å². The molecule has 0 radical (unpaired) electrons. The Kier molecular flexibility index (Phi) is 3.97. The Morgan fingerprint density at radius 2 is 2.09 bits per heavy atom. The summed E-state index contributed by atoms with van der Waals surface area (Å²) in [5.74, 6) is -1.38. The fraction of sp³-hybridized carbons (Fsp3) is 0.600. The first-order valence-corrected chi connectivity index (χ1v) is 3.00. The molecule has 1 atom stereocenters. The standard InChI is InChI=1S/C5H11N3O3/c6-5(7)8-2-1-3(9)4(10)11/h3,9H,1-2H2,(H,10,11)(H4,6,7,8).